The lowest BCUT2D eigenvalue weighted by molar-refractivity contribution is -0.119. The van der Waals surface area contributed by atoms with Crippen molar-refractivity contribution in [1.29, 1.82) is 0 Å². The average Bonchev–Trinajstić information content (AvgIpc) is 3.01. The van der Waals surface area contributed by atoms with Crippen LogP contribution < -0.4 is 4.90 Å². The van der Waals surface area contributed by atoms with E-state index >= 15 is 0 Å². The molecule has 92 valence electrons. The fraction of sp³-hybridized carbons (Fsp3) is 0.286. The maximum atomic E-state index is 11.5. The maximum Gasteiger partial charge on any atom is 0.258 e. The standard InChI is InChI=1S/C14H13NO3/c16-13-7-8-14(17)15(13)11-5-3-10(4-6-11)12-2-1-9-18-12/h3-8,12H,1-2,9H2. The van der Waals surface area contributed by atoms with Crippen molar-refractivity contribution in [3.63, 3.8) is 0 Å². The van der Waals surface area contributed by atoms with Gasteiger partial charge in [-0.25, -0.2) is 4.90 Å². The Morgan fingerprint density at radius 1 is 1.06 bits per heavy atom. The van der Waals surface area contributed by atoms with E-state index in [4.69, 9.17) is 4.74 Å². The number of hydrogen-bond donors (Lipinski definition) is 0. The largest absolute Gasteiger partial charge is 0.374 e. The van der Waals surface area contributed by atoms with Crippen LogP contribution in [0.1, 0.15) is 24.5 Å². The van der Waals surface area contributed by atoms with Crippen molar-refractivity contribution < 1.29 is 14.3 Å². The van der Waals surface area contributed by atoms with Crippen molar-refractivity contribution in [2.45, 2.75) is 18.9 Å². The van der Waals surface area contributed by atoms with Crippen molar-refractivity contribution in [2.75, 3.05) is 11.5 Å². The van der Waals surface area contributed by atoms with E-state index in [1.54, 1.807) is 12.1 Å². The smallest absolute Gasteiger partial charge is 0.258 e. The van der Waals surface area contributed by atoms with Gasteiger partial charge in [0.1, 0.15) is 0 Å². The molecule has 0 aromatic heterocycles. The van der Waals surface area contributed by atoms with Crippen LogP contribution in [0, 0.1) is 0 Å². The topological polar surface area (TPSA) is 46.6 Å². The van der Waals surface area contributed by atoms with Gasteiger partial charge >= 0.3 is 0 Å². The minimum absolute atomic E-state index is 0.155. The first kappa shape index (κ1) is 11.2. The molecular formula is C14H13NO3. The van der Waals surface area contributed by atoms with Crippen LogP contribution in [0.3, 0.4) is 0 Å². The quantitative estimate of drug-likeness (QED) is 0.746. The predicted octanol–water partition coefficient (Wildman–Crippen LogP) is 1.97. The number of carbonyl (C=O) groups is 2. The molecule has 0 spiro atoms. The third kappa shape index (κ3) is 1.84. The molecule has 3 rings (SSSR count). The summed E-state index contributed by atoms with van der Waals surface area (Å²) in [5, 5.41) is 0. The van der Waals surface area contributed by atoms with Crippen molar-refractivity contribution in [3.8, 4) is 0 Å². The zero-order valence-corrected chi connectivity index (χ0v) is 9.83. The molecule has 0 aliphatic carbocycles. The Kier molecular flexibility index (Phi) is 2.72. The zero-order chi connectivity index (χ0) is 12.5. The van der Waals surface area contributed by atoms with E-state index in [0.29, 0.717) is 5.69 Å². The van der Waals surface area contributed by atoms with Crippen LogP contribution in [0.4, 0.5) is 5.69 Å². The highest BCUT2D eigenvalue weighted by atomic mass is 16.5. The van der Waals surface area contributed by atoms with Gasteiger partial charge in [-0.3, -0.25) is 9.59 Å². The van der Waals surface area contributed by atoms with Crippen molar-refractivity contribution in [2.24, 2.45) is 0 Å². The molecule has 0 bridgehead atoms. The van der Waals surface area contributed by atoms with E-state index in [-0.39, 0.29) is 17.9 Å². The molecule has 2 aliphatic heterocycles. The Hall–Kier alpha value is -1.94. The Morgan fingerprint density at radius 2 is 1.72 bits per heavy atom. The molecule has 4 nitrogen and oxygen atoms in total. The van der Waals surface area contributed by atoms with Gasteiger partial charge in [-0.05, 0) is 30.5 Å². The van der Waals surface area contributed by atoms with Crippen LogP contribution in [0.25, 0.3) is 0 Å². The zero-order valence-electron chi connectivity index (χ0n) is 9.83. The molecule has 1 unspecified atom stereocenters. The van der Waals surface area contributed by atoms with Crippen LogP contribution in [0.5, 0.6) is 0 Å². The molecule has 2 aliphatic rings. The molecule has 1 atom stereocenters. The lowest BCUT2D eigenvalue weighted by Gasteiger charge is -2.15. The second-order valence-electron chi connectivity index (χ2n) is 4.44. The molecule has 18 heavy (non-hydrogen) atoms. The minimum atomic E-state index is -0.287. The summed E-state index contributed by atoms with van der Waals surface area (Å²) in [6.45, 7) is 0.805. The normalized spacial score (nSPS) is 23.1. The lowest BCUT2D eigenvalue weighted by Crippen LogP contribution is -2.29. The number of nitrogens with zero attached hydrogens (tertiary/aromatic N) is 1. The summed E-state index contributed by atoms with van der Waals surface area (Å²) in [7, 11) is 0. The van der Waals surface area contributed by atoms with Crippen LogP contribution in [0.15, 0.2) is 36.4 Å². The van der Waals surface area contributed by atoms with Gasteiger partial charge in [0.15, 0.2) is 0 Å². The fourth-order valence-corrected chi connectivity index (χ4v) is 2.33. The summed E-state index contributed by atoms with van der Waals surface area (Å²) in [4.78, 5) is 24.2. The summed E-state index contributed by atoms with van der Waals surface area (Å²) < 4.78 is 5.59. The summed E-state index contributed by atoms with van der Waals surface area (Å²) in [5.74, 6) is -0.574. The van der Waals surface area contributed by atoms with Crippen molar-refractivity contribution in [1.82, 2.24) is 0 Å². The number of rotatable bonds is 2. The van der Waals surface area contributed by atoms with Gasteiger partial charge in [0.2, 0.25) is 0 Å². The van der Waals surface area contributed by atoms with E-state index in [1.807, 2.05) is 12.1 Å². The van der Waals surface area contributed by atoms with Crippen LogP contribution in [-0.2, 0) is 14.3 Å². The van der Waals surface area contributed by atoms with Crippen molar-refractivity contribution >= 4 is 17.5 Å². The van der Waals surface area contributed by atoms with Gasteiger partial charge < -0.3 is 4.74 Å². The monoisotopic (exact) mass is 243 g/mol. The molecule has 1 aromatic carbocycles. The second kappa shape index (κ2) is 4.38. The number of imide groups is 1. The summed E-state index contributed by atoms with van der Waals surface area (Å²) in [5.41, 5.74) is 1.71. The lowest BCUT2D eigenvalue weighted by atomic mass is 10.1. The molecule has 2 amide bonds. The molecule has 1 saturated heterocycles. The number of ether oxygens (including phenoxy) is 1. The molecular weight excluding hydrogens is 230 g/mol. The molecule has 4 heteroatoms. The summed E-state index contributed by atoms with van der Waals surface area (Å²) in [6.07, 6.45) is 4.84. The number of amides is 2. The highest BCUT2D eigenvalue weighted by Gasteiger charge is 2.25. The average molecular weight is 243 g/mol. The minimum Gasteiger partial charge on any atom is -0.374 e. The number of benzene rings is 1. The first-order valence-electron chi connectivity index (χ1n) is 6.03. The van der Waals surface area contributed by atoms with Crippen LogP contribution in [0.2, 0.25) is 0 Å². The van der Waals surface area contributed by atoms with Gasteiger partial charge in [-0.2, -0.15) is 0 Å². The van der Waals surface area contributed by atoms with E-state index < -0.39 is 0 Å². The molecule has 2 heterocycles. The maximum absolute atomic E-state index is 11.5. The number of hydrogen-bond acceptors (Lipinski definition) is 3. The number of anilines is 1. The van der Waals surface area contributed by atoms with Gasteiger partial charge in [0, 0.05) is 18.8 Å². The predicted molar refractivity (Wildman–Crippen MR) is 66.0 cm³/mol. The first-order chi connectivity index (χ1) is 8.75. The molecule has 0 N–H and O–H groups in total. The third-order valence-corrected chi connectivity index (χ3v) is 3.26. The summed E-state index contributed by atoms with van der Waals surface area (Å²) >= 11 is 0. The van der Waals surface area contributed by atoms with Crippen LogP contribution in [-0.4, -0.2) is 18.4 Å². The van der Waals surface area contributed by atoms with E-state index in [1.165, 1.54) is 17.1 Å². The van der Waals surface area contributed by atoms with Crippen molar-refractivity contribution in [3.05, 3.63) is 42.0 Å². The van der Waals surface area contributed by atoms with Gasteiger partial charge in [0.05, 0.1) is 11.8 Å². The van der Waals surface area contributed by atoms with Gasteiger partial charge in [-0.15, -0.1) is 0 Å². The molecule has 0 saturated carbocycles. The van der Waals surface area contributed by atoms with E-state index in [9.17, 15) is 9.59 Å². The van der Waals surface area contributed by atoms with Gasteiger partial charge in [0.25, 0.3) is 11.8 Å². The van der Waals surface area contributed by atoms with Gasteiger partial charge in [-0.1, -0.05) is 12.1 Å². The Balaban J connectivity index is 1.82. The Morgan fingerprint density at radius 3 is 2.28 bits per heavy atom. The highest BCUT2D eigenvalue weighted by molar-refractivity contribution is 6.28. The Bertz CT molecular complexity index is 494. The highest BCUT2D eigenvalue weighted by Crippen LogP contribution is 2.30. The Labute approximate surface area is 105 Å². The fourth-order valence-electron chi connectivity index (χ4n) is 2.33. The number of carbonyl (C=O) groups excluding carboxylic acids is 2. The molecule has 0 radical (unpaired) electrons. The van der Waals surface area contributed by atoms with E-state index in [2.05, 4.69) is 0 Å². The molecule has 1 aromatic rings. The van der Waals surface area contributed by atoms with Crippen LogP contribution >= 0.6 is 0 Å². The first-order valence-corrected chi connectivity index (χ1v) is 6.03. The van der Waals surface area contributed by atoms with E-state index in [0.717, 1.165) is 25.0 Å². The molecule has 1 fully saturated rings. The third-order valence-electron chi connectivity index (χ3n) is 3.26. The second-order valence-corrected chi connectivity index (χ2v) is 4.44. The SMILES string of the molecule is O=C1C=CC(=O)N1c1ccc(C2CCCO2)cc1. The summed E-state index contributed by atoms with van der Waals surface area (Å²) in [6, 6.07) is 7.42.